The predicted octanol–water partition coefficient (Wildman–Crippen LogP) is 3.63. The third-order valence-corrected chi connectivity index (χ3v) is 2.09. The van der Waals surface area contributed by atoms with Crippen LogP contribution >= 0.6 is 0 Å². The molecule has 0 unspecified atom stereocenters. The lowest BCUT2D eigenvalue weighted by molar-refractivity contribution is -0.137. The van der Waals surface area contributed by atoms with Crippen molar-refractivity contribution in [2.45, 2.75) is 45.4 Å². The van der Waals surface area contributed by atoms with Gasteiger partial charge in [0, 0.05) is 6.08 Å². The molecule has 2 heteroatoms. The predicted molar refractivity (Wildman–Crippen MR) is 63.7 cm³/mol. The zero-order chi connectivity index (χ0) is 11.4. The van der Waals surface area contributed by atoms with Crippen LogP contribution in [0.4, 0.5) is 0 Å². The van der Waals surface area contributed by atoms with E-state index >= 15 is 0 Å². The fraction of sp³-hybridized carbons (Fsp3) is 0.615. The molecule has 0 bridgehead atoms. The number of allylic oxidation sites excluding steroid dienone is 1. The molecule has 0 aromatic heterocycles. The van der Waals surface area contributed by atoms with E-state index < -0.39 is 0 Å². The molecule has 0 aromatic carbocycles. The molecular weight excluding hydrogens is 188 g/mol. The molecule has 0 fully saturated rings. The lowest BCUT2D eigenvalue weighted by atomic mass is 10.1. The molecule has 0 aliphatic rings. The molecule has 15 heavy (non-hydrogen) atoms. The van der Waals surface area contributed by atoms with E-state index in [9.17, 15) is 4.79 Å². The van der Waals surface area contributed by atoms with Crippen LogP contribution in [0.15, 0.2) is 24.8 Å². The Balaban J connectivity index is 3.17. The normalized spacial score (nSPS) is 10.5. The molecule has 0 heterocycles. The second kappa shape index (κ2) is 11.0. The largest absolute Gasteiger partial charge is 0.462 e. The number of esters is 1. The van der Waals surface area contributed by atoms with Gasteiger partial charge in [0.2, 0.25) is 0 Å². The minimum atomic E-state index is -0.341. The van der Waals surface area contributed by atoms with Crippen molar-refractivity contribution < 1.29 is 9.53 Å². The van der Waals surface area contributed by atoms with Crippen molar-refractivity contribution in [1.82, 2.24) is 0 Å². The summed E-state index contributed by atoms with van der Waals surface area (Å²) in [6.45, 7) is 5.99. The lowest BCUT2D eigenvalue weighted by Gasteiger charge is -1.97. The molecular formula is C13H22O2. The Hall–Kier alpha value is -1.05. The quantitative estimate of drug-likeness (QED) is 0.251. The van der Waals surface area contributed by atoms with E-state index in [1.807, 2.05) is 0 Å². The highest BCUT2D eigenvalue weighted by molar-refractivity contribution is 5.81. The van der Waals surface area contributed by atoms with Crippen molar-refractivity contribution in [3.63, 3.8) is 0 Å². The summed E-state index contributed by atoms with van der Waals surface area (Å²) >= 11 is 0. The van der Waals surface area contributed by atoms with Gasteiger partial charge < -0.3 is 4.74 Å². The van der Waals surface area contributed by atoms with E-state index in [1.54, 1.807) is 0 Å². The SMILES string of the molecule is C=CC(=O)OCCC=CCCCCCC. The summed E-state index contributed by atoms with van der Waals surface area (Å²) < 4.78 is 4.83. The fourth-order valence-electron chi connectivity index (χ4n) is 1.21. The lowest BCUT2D eigenvalue weighted by Crippen LogP contribution is -2.00. The Kier molecular flexibility index (Phi) is 10.3. The van der Waals surface area contributed by atoms with Gasteiger partial charge in [0.05, 0.1) is 6.61 Å². The molecule has 0 aliphatic heterocycles. The number of carbonyl (C=O) groups excluding carboxylic acids is 1. The Morgan fingerprint density at radius 2 is 1.93 bits per heavy atom. The number of rotatable bonds is 9. The summed E-state index contributed by atoms with van der Waals surface area (Å²) in [5, 5.41) is 0. The fourth-order valence-corrected chi connectivity index (χ4v) is 1.21. The molecule has 0 aromatic rings. The first-order chi connectivity index (χ1) is 7.31. The Labute approximate surface area is 93.0 Å². The van der Waals surface area contributed by atoms with Gasteiger partial charge in [0.25, 0.3) is 0 Å². The molecule has 0 saturated carbocycles. The maximum atomic E-state index is 10.7. The van der Waals surface area contributed by atoms with Crippen LogP contribution in [-0.4, -0.2) is 12.6 Å². The van der Waals surface area contributed by atoms with Crippen LogP contribution in [0.5, 0.6) is 0 Å². The minimum Gasteiger partial charge on any atom is -0.462 e. The smallest absolute Gasteiger partial charge is 0.330 e. The average molecular weight is 210 g/mol. The Morgan fingerprint density at radius 1 is 1.20 bits per heavy atom. The van der Waals surface area contributed by atoms with Crippen LogP contribution in [0.1, 0.15) is 45.4 Å². The molecule has 0 N–H and O–H groups in total. The zero-order valence-corrected chi connectivity index (χ0v) is 9.71. The highest BCUT2D eigenvalue weighted by Gasteiger charge is 1.91. The molecule has 0 rings (SSSR count). The number of hydrogen-bond donors (Lipinski definition) is 0. The first-order valence-corrected chi connectivity index (χ1v) is 5.75. The Bertz CT molecular complexity index is 195. The summed E-state index contributed by atoms with van der Waals surface area (Å²) in [5.41, 5.74) is 0. The second-order valence-electron chi connectivity index (χ2n) is 3.48. The molecule has 0 saturated heterocycles. The van der Waals surface area contributed by atoms with Gasteiger partial charge >= 0.3 is 5.97 Å². The van der Waals surface area contributed by atoms with Gasteiger partial charge in [-0.3, -0.25) is 0 Å². The number of ether oxygens (including phenoxy) is 1. The van der Waals surface area contributed by atoms with Crippen LogP contribution in [-0.2, 0) is 9.53 Å². The molecule has 86 valence electrons. The van der Waals surface area contributed by atoms with E-state index in [2.05, 4.69) is 25.7 Å². The van der Waals surface area contributed by atoms with Crippen LogP contribution in [0.2, 0.25) is 0 Å². The molecule has 0 spiro atoms. The van der Waals surface area contributed by atoms with E-state index in [-0.39, 0.29) is 5.97 Å². The molecule has 0 amide bonds. The zero-order valence-electron chi connectivity index (χ0n) is 9.71. The third-order valence-electron chi connectivity index (χ3n) is 2.09. The van der Waals surface area contributed by atoms with Gasteiger partial charge in [-0.25, -0.2) is 4.79 Å². The second-order valence-corrected chi connectivity index (χ2v) is 3.48. The van der Waals surface area contributed by atoms with Crippen LogP contribution < -0.4 is 0 Å². The van der Waals surface area contributed by atoms with Gasteiger partial charge in [0.15, 0.2) is 0 Å². The van der Waals surface area contributed by atoms with Gasteiger partial charge in [-0.15, -0.1) is 0 Å². The molecule has 0 radical (unpaired) electrons. The van der Waals surface area contributed by atoms with E-state index in [0.717, 1.165) is 12.8 Å². The first-order valence-electron chi connectivity index (χ1n) is 5.75. The molecule has 0 aliphatic carbocycles. The Morgan fingerprint density at radius 3 is 2.60 bits per heavy atom. The topological polar surface area (TPSA) is 26.3 Å². The number of carbonyl (C=O) groups is 1. The van der Waals surface area contributed by atoms with Crippen molar-refractivity contribution in [1.29, 1.82) is 0 Å². The summed E-state index contributed by atoms with van der Waals surface area (Å²) in [6.07, 6.45) is 12.5. The summed E-state index contributed by atoms with van der Waals surface area (Å²) in [6, 6.07) is 0. The van der Waals surface area contributed by atoms with Gasteiger partial charge in [-0.1, -0.05) is 44.9 Å². The van der Waals surface area contributed by atoms with Gasteiger partial charge in [-0.2, -0.15) is 0 Å². The van der Waals surface area contributed by atoms with Crippen molar-refractivity contribution in [2.24, 2.45) is 0 Å². The maximum Gasteiger partial charge on any atom is 0.330 e. The molecule has 0 atom stereocenters. The number of unbranched alkanes of at least 4 members (excludes halogenated alkanes) is 4. The average Bonchev–Trinajstić information content (AvgIpc) is 2.26. The van der Waals surface area contributed by atoms with Crippen LogP contribution in [0.3, 0.4) is 0 Å². The van der Waals surface area contributed by atoms with Crippen molar-refractivity contribution in [3.8, 4) is 0 Å². The highest BCUT2D eigenvalue weighted by Crippen LogP contribution is 2.03. The third kappa shape index (κ3) is 10.9. The number of hydrogen-bond acceptors (Lipinski definition) is 2. The summed E-state index contributed by atoms with van der Waals surface area (Å²) in [4.78, 5) is 10.7. The summed E-state index contributed by atoms with van der Waals surface area (Å²) in [7, 11) is 0. The van der Waals surface area contributed by atoms with E-state index in [4.69, 9.17) is 4.74 Å². The van der Waals surface area contributed by atoms with Crippen molar-refractivity contribution >= 4 is 5.97 Å². The van der Waals surface area contributed by atoms with E-state index in [0.29, 0.717) is 6.61 Å². The highest BCUT2D eigenvalue weighted by atomic mass is 16.5. The first kappa shape index (κ1) is 13.9. The maximum absolute atomic E-state index is 10.7. The summed E-state index contributed by atoms with van der Waals surface area (Å²) in [5.74, 6) is -0.341. The monoisotopic (exact) mass is 210 g/mol. The molecule has 2 nitrogen and oxygen atoms in total. The van der Waals surface area contributed by atoms with Crippen LogP contribution in [0.25, 0.3) is 0 Å². The van der Waals surface area contributed by atoms with Gasteiger partial charge in [0.1, 0.15) is 0 Å². The standard InChI is InChI=1S/C13H22O2/c1-3-5-6-7-8-9-10-11-12-15-13(14)4-2/h4,9-10H,2-3,5-8,11-12H2,1H3. The van der Waals surface area contributed by atoms with Crippen molar-refractivity contribution in [2.75, 3.05) is 6.61 Å². The minimum absolute atomic E-state index is 0.341. The van der Waals surface area contributed by atoms with Crippen molar-refractivity contribution in [3.05, 3.63) is 24.8 Å². The van der Waals surface area contributed by atoms with Crippen LogP contribution in [0, 0.1) is 0 Å². The van der Waals surface area contributed by atoms with E-state index in [1.165, 1.54) is 31.8 Å². The van der Waals surface area contributed by atoms with Gasteiger partial charge in [-0.05, 0) is 19.3 Å².